The van der Waals surface area contributed by atoms with Gasteiger partial charge in [-0.15, -0.1) is 0 Å². The Hall–Kier alpha value is -1.02. The first-order valence-electron chi connectivity index (χ1n) is 7.74. The molecule has 0 saturated heterocycles. The van der Waals surface area contributed by atoms with Crippen molar-refractivity contribution in [1.29, 1.82) is 0 Å². The molecule has 2 nitrogen and oxygen atoms in total. The van der Waals surface area contributed by atoms with Crippen molar-refractivity contribution in [1.82, 2.24) is 0 Å². The Labute approximate surface area is 114 Å². The lowest BCUT2D eigenvalue weighted by atomic mass is 9.61. The van der Waals surface area contributed by atoms with Gasteiger partial charge < -0.3 is 10.2 Å². The monoisotopic (exact) mass is 258 g/mol. The van der Waals surface area contributed by atoms with Crippen LogP contribution in [0.1, 0.15) is 49.1 Å². The normalized spacial score (nSPS) is 40.4. The van der Waals surface area contributed by atoms with Gasteiger partial charge in [0.1, 0.15) is 5.75 Å². The lowest BCUT2D eigenvalue weighted by Crippen LogP contribution is -2.36. The van der Waals surface area contributed by atoms with Gasteiger partial charge in [-0.2, -0.15) is 0 Å². The molecule has 0 radical (unpaired) electrons. The van der Waals surface area contributed by atoms with Crippen molar-refractivity contribution in [3.8, 4) is 5.75 Å². The molecule has 2 heteroatoms. The average molecular weight is 258 g/mol. The molecular weight excluding hydrogens is 236 g/mol. The van der Waals surface area contributed by atoms with E-state index < -0.39 is 0 Å². The first-order valence-corrected chi connectivity index (χ1v) is 7.74. The van der Waals surface area contributed by atoms with E-state index in [9.17, 15) is 10.2 Å². The van der Waals surface area contributed by atoms with E-state index in [4.69, 9.17) is 0 Å². The molecule has 0 aliphatic heterocycles. The first kappa shape index (κ1) is 11.8. The number of aliphatic hydroxyl groups excluding tert-OH is 1. The van der Waals surface area contributed by atoms with Gasteiger partial charge in [0.05, 0.1) is 6.10 Å². The van der Waals surface area contributed by atoms with Gasteiger partial charge >= 0.3 is 0 Å². The summed E-state index contributed by atoms with van der Waals surface area (Å²) in [6.07, 6.45) is 6.96. The zero-order valence-corrected chi connectivity index (χ0v) is 11.3. The predicted molar refractivity (Wildman–Crippen MR) is 74.1 cm³/mol. The summed E-state index contributed by atoms with van der Waals surface area (Å²) >= 11 is 0. The summed E-state index contributed by atoms with van der Waals surface area (Å²) < 4.78 is 0. The summed E-state index contributed by atoms with van der Waals surface area (Å²) in [4.78, 5) is 0. The van der Waals surface area contributed by atoms with Crippen LogP contribution < -0.4 is 0 Å². The molecule has 102 valence electrons. The van der Waals surface area contributed by atoms with Gasteiger partial charge in [-0.3, -0.25) is 0 Å². The summed E-state index contributed by atoms with van der Waals surface area (Å²) in [5, 5.41) is 19.7. The summed E-state index contributed by atoms with van der Waals surface area (Å²) in [6.45, 7) is 0. The van der Waals surface area contributed by atoms with Crippen molar-refractivity contribution in [2.75, 3.05) is 0 Å². The maximum absolute atomic E-state index is 10.1. The van der Waals surface area contributed by atoms with Crippen molar-refractivity contribution in [3.63, 3.8) is 0 Å². The second kappa shape index (κ2) is 4.24. The summed E-state index contributed by atoms with van der Waals surface area (Å²) in [5.41, 5.74) is 2.84. The van der Waals surface area contributed by atoms with Crippen LogP contribution in [-0.4, -0.2) is 16.3 Å². The fourth-order valence-corrected chi connectivity index (χ4v) is 5.19. The van der Waals surface area contributed by atoms with Crippen LogP contribution in [0.15, 0.2) is 18.2 Å². The van der Waals surface area contributed by atoms with Gasteiger partial charge in [0, 0.05) is 0 Å². The topological polar surface area (TPSA) is 40.5 Å². The van der Waals surface area contributed by atoms with Gasteiger partial charge in [-0.1, -0.05) is 6.07 Å². The lowest BCUT2D eigenvalue weighted by Gasteiger charge is -2.44. The highest BCUT2D eigenvalue weighted by atomic mass is 16.3. The summed E-state index contributed by atoms with van der Waals surface area (Å²) in [6, 6.07) is 5.95. The number of hydrogen-bond donors (Lipinski definition) is 2. The number of fused-ring (bicyclic) bond motifs is 5. The molecule has 0 unspecified atom stereocenters. The second-order valence-electron chi connectivity index (χ2n) is 6.74. The molecule has 2 N–H and O–H groups in total. The second-order valence-corrected chi connectivity index (χ2v) is 6.74. The Bertz CT molecular complexity index is 496. The van der Waals surface area contributed by atoms with E-state index >= 15 is 0 Å². The van der Waals surface area contributed by atoms with Crippen molar-refractivity contribution >= 4 is 0 Å². The Morgan fingerprint density at radius 2 is 1.74 bits per heavy atom. The van der Waals surface area contributed by atoms with Gasteiger partial charge in [0.2, 0.25) is 0 Å². The van der Waals surface area contributed by atoms with Crippen molar-refractivity contribution in [2.45, 2.75) is 50.5 Å². The van der Waals surface area contributed by atoms with Crippen LogP contribution in [0, 0.1) is 17.8 Å². The Morgan fingerprint density at radius 3 is 2.63 bits per heavy atom. The third kappa shape index (κ3) is 1.73. The quantitative estimate of drug-likeness (QED) is 0.750. The van der Waals surface area contributed by atoms with E-state index in [1.807, 2.05) is 12.1 Å². The van der Waals surface area contributed by atoms with Crippen LogP contribution in [-0.2, 0) is 6.42 Å². The molecule has 5 atom stereocenters. The smallest absolute Gasteiger partial charge is 0.115 e. The van der Waals surface area contributed by atoms with Crippen LogP contribution in [0.3, 0.4) is 0 Å². The number of aryl methyl sites for hydroxylation is 1. The minimum absolute atomic E-state index is 0.0350. The zero-order valence-electron chi connectivity index (χ0n) is 11.3. The van der Waals surface area contributed by atoms with Crippen LogP contribution in [0.2, 0.25) is 0 Å². The highest BCUT2D eigenvalue weighted by Gasteiger charge is 2.47. The molecule has 1 aromatic rings. The maximum Gasteiger partial charge on any atom is 0.115 e. The number of phenolic OH excluding ortho intramolecular Hbond substituents is 1. The molecule has 0 heterocycles. The fourth-order valence-electron chi connectivity index (χ4n) is 5.19. The van der Waals surface area contributed by atoms with Gasteiger partial charge in [0.15, 0.2) is 0 Å². The van der Waals surface area contributed by atoms with E-state index in [1.54, 1.807) is 0 Å². The third-order valence-corrected chi connectivity index (χ3v) is 5.99. The van der Waals surface area contributed by atoms with E-state index in [2.05, 4.69) is 6.07 Å². The zero-order chi connectivity index (χ0) is 13.0. The molecule has 0 bridgehead atoms. The molecular formula is C17H22O2. The molecule has 0 amide bonds. The molecule has 4 rings (SSSR count). The highest BCUT2D eigenvalue weighted by molar-refractivity contribution is 5.39. The van der Waals surface area contributed by atoms with E-state index in [-0.39, 0.29) is 6.10 Å². The van der Waals surface area contributed by atoms with Gasteiger partial charge in [0.25, 0.3) is 0 Å². The van der Waals surface area contributed by atoms with E-state index in [0.29, 0.717) is 17.6 Å². The Kier molecular flexibility index (Phi) is 2.63. The standard InChI is InChI=1S/C17H22O2/c18-11-2-4-12-10(9-11)1-3-14-13(12)5-6-16-15(14)7-8-17(16)19/h2,4,9,13-19H,1,3,5-8H2/t13-,14-,15+,16+,17+/m1/s1. The fraction of sp³-hybridized carbons (Fsp3) is 0.647. The summed E-state index contributed by atoms with van der Waals surface area (Å²) in [7, 11) is 0. The molecule has 19 heavy (non-hydrogen) atoms. The van der Waals surface area contributed by atoms with Crippen LogP contribution in [0.25, 0.3) is 0 Å². The van der Waals surface area contributed by atoms with Crippen LogP contribution in [0.4, 0.5) is 0 Å². The summed E-state index contributed by atoms with van der Waals surface area (Å²) in [5.74, 6) is 3.17. The minimum Gasteiger partial charge on any atom is -0.508 e. The van der Waals surface area contributed by atoms with Crippen molar-refractivity contribution in [3.05, 3.63) is 29.3 Å². The highest BCUT2D eigenvalue weighted by Crippen LogP contribution is 2.55. The molecule has 2 fully saturated rings. The predicted octanol–water partition coefficient (Wildman–Crippen LogP) is 3.22. The maximum atomic E-state index is 10.1. The first-order chi connectivity index (χ1) is 9.24. The van der Waals surface area contributed by atoms with Crippen LogP contribution in [0.5, 0.6) is 5.75 Å². The Balaban J connectivity index is 1.68. The number of aromatic hydroxyl groups is 1. The molecule has 0 spiro atoms. The molecule has 3 aliphatic carbocycles. The SMILES string of the molecule is Oc1ccc2c(c1)CC[C@H]1[C@@H]3CC[C@H](O)[C@H]3CC[C@H]21. The van der Waals surface area contributed by atoms with E-state index in [1.165, 1.54) is 36.8 Å². The van der Waals surface area contributed by atoms with Crippen molar-refractivity contribution in [2.24, 2.45) is 17.8 Å². The number of phenols is 1. The van der Waals surface area contributed by atoms with E-state index in [0.717, 1.165) is 24.7 Å². The van der Waals surface area contributed by atoms with Gasteiger partial charge in [-0.05, 0) is 85.5 Å². The average Bonchev–Trinajstić information content (AvgIpc) is 2.80. The number of rotatable bonds is 0. The molecule has 1 aromatic carbocycles. The third-order valence-electron chi connectivity index (χ3n) is 5.99. The van der Waals surface area contributed by atoms with Gasteiger partial charge in [-0.25, -0.2) is 0 Å². The Morgan fingerprint density at radius 1 is 0.895 bits per heavy atom. The molecule has 3 aliphatic rings. The largest absolute Gasteiger partial charge is 0.508 e. The molecule has 2 saturated carbocycles. The number of benzene rings is 1. The lowest BCUT2D eigenvalue weighted by molar-refractivity contribution is 0.0566. The number of aliphatic hydroxyl groups is 1. The number of hydrogen-bond acceptors (Lipinski definition) is 2. The molecule has 0 aromatic heterocycles. The van der Waals surface area contributed by atoms with Crippen LogP contribution >= 0.6 is 0 Å². The minimum atomic E-state index is -0.0350. The van der Waals surface area contributed by atoms with Crippen molar-refractivity contribution < 1.29 is 10.2 Å².